The number of rotatable bonds is 6. The smallest absolute Gasteiger partial charge is 0.263 e. The van der Waals surface area contributed by atoms with Gasteiger partial charge in [-0.05, 0) is 23.3 Å². The quantitative estimate of drug-likeness (QED) is 0.524. The minimum atomic E-state index is -0.796. The van der Waals surface area contributed by atoms with Crippen LogP contribution in [0.5, 0.6) is 0 Å². The minimum Gasteiger partial charge on any atom is -0.285 e. The molecule has 1 aliphatic heterocycles. The van der Waals surface area contributed by atoms with E-state index >= 15 is 0 Å². The van der Waals surface area contributed by atoms with E-state index in [-0.39, 0.29) is 12.3 Å². The molecule has 1 heterocycles. The number of aliphatic imine (C=N–C) groups is 1. The van der Waals surface area contributed by atoms with Crippen molar-refractivity contribution in [3.63, 3.8) is 0 Å². The fraction of sp³-hybridized carbons (Fsp3) is 0.158. The number of carbonyl (C=O) groups is 2. The summed E-state index contributed by atoms with van der Waals surface area (Å²) < 4.78 is 0. The molecule has 0 radical (unpaired) electrons. The molecule has 0 aromatic heterocycles. The molecule has 3 rings (SSSR count). The van der Waals surface area contributed by atoms with E-state index in [9.17, 15) is 9.59 Å². The molecule has 138 valence electrons. The lowest BCUT2D eigenvalue weighted by Crippen LogP contribution is -2.52. The SMILES string of the molecule is O=C(CC1N=C(Cc2ccccc2)NNC1=O)NN=Cc1ccc(Cl)cc1. The largest absolute Gasteiger partial charge is 0.285 e. The van der Waals surface area contributed by atoms with E-state index in [4.69, 9.17) is 11.6 Å². The van der Waals surface area contributed by atoms with Crippen LogP contribution in [0.3, 0.4) is 0 Å². The maximum atomic E-state index is 12.1. The van der Waals surface area contributed by atoms with E-state index < -0.39 is 11.9 Å². The van der Waals surface area contributed by atoms with Crippen LogP contribution in [0.15, 0.2) is 64.7 Å². The first kappa shape index (κ1) is 18.6. The van der Waals surface area contributed by atoms with Crippen molar-refractivity contribution >= 4 is 35.5 Å². The van der Waals surface area contributed by atoms with Gasteiger partial charge in [-0.15, -0.1) is 0 Å². The number of nitrogens with zero attached hydrogens (tertiary/aromatic N) is 2. The molecule has 8 heteroatoms. The monoisotopic (exact) mass is 383 g/mol. The van der Waals surface area contributed by atoms with Crippen molar-refractivity contribution in [3.8, 4) is 0 Å². The second-order valence-corrected chi connectivity index (χ2v) is 6.35. The summed E-state index contributed by atoms with van der Waals surface area (Å²) in [5.41, 5.74) is 9.56. The Balaban J connectivity index is 1.56. The normalized spacial score (nSPS) is 16.4. The van der Waals surface area contributed by atoms with Gasteiger partial charge in [0.05, 0.1) is 12.6 Å². The molecule has 1 atom stereocenters. The molecule has 0 aliphatic carbocycles. The first-order valence-corrected chi connectivity index (χ1v) is 8.72. The summed E-state index contributed by atoms with van der Waals surface area (Å²) in [5.74, 6) is -0.156. The van der Waals surface area contributed by atoms with E-state index in [0.29, 0.717) is 17.3 Å². The van der Waals surface area contributed by atoms with E-state index in [2.05, 4.69) is 26.4 Å². The van der Waals surface area contributed by atoms with Gasteiger partial charge in [-0.2, -0.15) is 5.10 Å². The Morgan fingerprint density at radius 1 is 1.15 bits per heavy atom. The molecule has 7 nitrogen and oxygen atoms in total. The van der Waals surface area contributed by atoms with Crippen molar-refractivity contribution in [2.24, 2.45) is 10.1 Å². The Bertz CT molecular complexity index is 865. The summed E-state index contributed by atoms with van der Waals surface area (Å²) in [6.45, 7) is 0. The molecule has 2 aromatic carbocycles. The molecular formula is C19H18ClN5O2. The molecular weight excluding hydrogens is 366 g/mol. The van der Waals surface area contributed by atoms with Crippen LogP contribution in [0.25, 0.3) is 0 Å². The van der Waals surface area contributed by atoms with Crippen LogP contribution in [0.2, 0.25) is 5.02 Å². The van der Waals surface area contributed by atoms with Gasteiger partial charge in [0.25, 0.3) is 5.91 Å². The van der Waals surface area contributed by atoms with Crippen LogP contribution >= 0.6 is 11.6 Å². The van der Waals surface area contributed by atoms with Crippen molar-refractivity contribution < 1.29 is 9.59 Å². The van der Waals surface area contributed by atoms with Gasteiger partial charge in [0, 0.05) is 11.4 Å². The maximum absolute atomic E-state index is 12.1. The highest BCUT2D eigenvalue weighted by molar-refractivity contribution is 6.30. The standard InChI is InChI=1S/C19H18ClN5O2/c20-15-8-6-14(7-9-15)12-21-24-18(26)11-16-19(27)25-23-17(22-16)10-13-4-2-1-3-5-13/h1-9,12,16H,10-11H2,(H,22,23)(H,24,26)(H,25,27). The molecule has 0 fully saturated rings. The summed E-state index contributed by atoms with van der Waals surface area (Å²) in [7, 11) is 0. The molecule has 1 unspecified atom stereocenters. The summed E-state index contributed by atoms with van der Waals surface area (Å²) in [5, 5.41) is 4.51. The third-order valence-electron chi connectivity index (χ3n) is 3.81. The van der Waals surface area contributed by atoms with Crippen molar-refractivity contribution in [3.05, 3.63) is 70.7 Å². The second kappa shape index (κ2) is 8.95. The van der Waals surface area contributed by atoms with Crippen LogP contribution in [-0.2, 0) is 16.0 Å². The Morgan fingerprint density at radius 2 is 1.89 bits per heavy atom. The Morgan fingerprint density at radius 3 is 2.63 bits per heavy atom. The minimum absolute atomic E-state index is 0.0935. The molecule has 27 heavy (non-hydrogen) atoms. The second-order valence-electron chi connectivity index (χ2n) is 5.92. The number of hydrazine groups is 1. The Kier molecular flexibility index (Phi) is 6.17. The molecule has 0 saturated carbocycles. The third-order valence-corrected chi connectivity index (χ3v) is 4.06. The van der Waals surface area contributed by atoms with Gasteiger partial charge >= 0.3 is 0 Å². The average Bonchev–Trinajstić information content (AvgIpc) is 2.67. The highest BCUT2D eigenvalue weighted by Gasteiger charge is 2.25. The fourth-order valence-corrected chi connectivity index (χ4v) is 2.59. The zero-order valence-corrected chi connectivity index (χ0v) is 15.1. The predicted octanol–water partition coefficient (Wildman–Crippen LogP) is 1.82. The molecule has 1 aliphatic rings. The summed E-state index contributed by atoms with van der Waals surface area (Å²) in [4.78, 5) is 28.3. The van der Waals surface area contributed by atoms with Gasteiger partial charge in [-0.25, -0.2) is 5.43 Å². The molecule has 0 saturated heterocycles. The van der Waals surface area contributed by atoms with E-state index in [0.717, 1.165) is 11.1 Å². The average molecular weight is 384 g/mol. The van der Waals surface area contributed by atoms with Gasteiger partial charge in [-0.1, -0.05) is 54.1 Å². The summed E-state index contributed by atoms with van der Waals surface area (Å²) >= 11 is 5.81. The van der Waals surface area contributed by atoms with Gasteiger partial charge in [0.1, 0.15) is 11.9 Å². The third kappa shape index (κ3) is 5.65. The number of hydrogen-bond donors (Lipinski definition) is 3. The highest BCUT2D eigenvalue weighted by atomic mass is 35.5. The lowest BCUT2D eigenvalue weighted by atomic mass is 10.1. The summed E-state index contributed by atoms with van der Waals surface area (Å²) in [6.07, 6.45) is 1.94. The van der Waals surface area contributed by atoms with E-state index in [1.54, 1.807) is 24.3 Å². The highest BCUT2D eigenvalue weighted by Crippen LogP contribution is 2.08. The Hall–Kier alpha value is -3.19. The fourth-order valence-electron chi connectivity index (χ4n) is 2.46. The van der Waals surface area contributed by atoms with Gasteiger partial charge in [-0.3, -0.25) is 25.4 Å². The lowest BCUT2D eigenvalue weighted by Gasteiger charge is -2.21. The molecule has 2 aromatic rings. The number of hydrogen-bond acceptors (Lipinski definition) is 5. The van der Waals surface area contributed by atoms with Crippen LogP contribution in [0, 0.1) is 0 Å². The maximum Gasteiger partial charge on any atom is 0.263 e. The van der Waals surface area contributed by atoms with Crippen LogP contribution in [0.4, 0.5) is 0 Å². The van der Waals surface area contributed by atoms with Crippen LogP contribution < -0.4 is 16.3 Å². The van der Waals surface area contributed by atoms with Crippen molar-refractivity contribution in [1.29, 1.82) is 0 Å². The number of amides is 2. The lowest BCUT2D eigenvalue weighted by molar-refractivity contribution is -0.128. The van der Waals surface area contributed by atoms with Crippen LogP contribution in [-0.4, -0.2) is 29.9 Å². The van der Waals surface area contributed by atoms with Crippen molar-refractivity contribution in [1.82, 2.24) is 16.3 Å². The number of amidine groups is 1. The van der Waals surface area contributed by atoms with Gasteiger partial charge in [0.15, 0.2) is 0 Å². The zero-order valence-electron chi connectivity index (χ0n) is 14.4. The molecule has 2 amide bonds. The first-order valence-electron chi connectivity index (χ1n) is 8.34. The number of halogens is 1. The Labute approximate surface area is 161 Å². The zero-order chi connectivity index (χ0) is 19.1. The number of benzene rings is 2. The van der Waals surface area contributed by atoms with Gasteiger partial charge in [0.2, 0.25) is 5.91 Å². The molecule has 3 N–H and O–H groups in total. The molecule has 0 spiro atoms. The predicted molar refractivity (Wildman–Crippen MR) is 104 cm³/mol. The number of hydrazone groups is 1. The first-order chi connectivity index (χ1) is 13.1. The molecule has 0 bridgehead atoms. The summed E-state index contributed by atoms with van der Waals surface area (Å²) in [6, 6.07) is 15.9. The number of nitrogens with one attached hydrogen (secondary N) is 3. The van der Waals surface area contributed by atoms with Gasteiger partial charge < -0.3 is 0 Å². The number of carbonyl (C=O) groups excluding carboxylic acids is 2. The van der Waals surface area contributed by atoms with E-state index in [1.165, 1.54) is 6.21 Å². The topological polar surface area (TPSA) is 95.0 Å². The van der Waals surface area contributed by atoms with Crippen molar-refractivity contribution in [2.75, 3.05) is 0 Å². The van der Waals surface area contributed by atoms with Crippen LogP contribution in [0.1, 0.15) is 17.5 Å². The van der Waals surface area contributed by atoms with E-state index in [1.807, 2.05) is 30.3 Å². The van der Waals surface area contributed by atoms with Crippen molar-refractivity contribution in [2.45, 2.75) is 18.9 Å².